The summed E-state index contributed by atoms with van der Waals surface area (Å²) < 4.78 is 5.52. The fraction of sp³-hybridized carbons (Fsp3) is 0.211. The predicted molar refractivity (Wildman–Crippen MR) is 91.8 cm³/mol. The van der Waals surface area contributed by atoms with Crippen molar-refractivity contribution in [1.82, 2.24) is 10.3 Å². The van der Waals surface area contributed by atoms with Crippen LogP contribution in [-0.2, 0) is 4.79 Å². The lowest BCUT2D eigenvalue weighted by Gasteiger charge is -2.18. The summed E-state index contributed by atoms with van der Waals surface area (Å²) in [7, 11) is 3.33. The molecule has 0 bridgehead atoms. The average Bonchev–Trinajstić information content (AvgIpc) is 3.07. The molecule has 118 valence electrons. The molecular formula is C19H20N2O2. The third-order valence-electron chi connectivity index (χ3n) is 4.15. The van der Waals surface area contributed by atoms with Crippen LogP contribution in [0.1, 0.15) is 23.5 Å². The maximum Gasteiger partial charge on any atom is 0.220 e. The molecule has 1 amide bonds. The fourth-order valence-corrected chi connectivity index (χ4v) is 2.93. The number of carbonyl (C=O) groups excluding carboxylic acids is 1. The zero-order chi connectivity index (χ0) is 16.2. The summed E-state index contributed by atoms with van der Waals surface area (Å²) in [5.41, 5.74) is 3.19. The molecule has 1 atom stereocenters. The van der Waals surface area contributed by atoms with E-state index in [1.807, 2.05) is 36.5 Å². The van der Waals surface area contributed by atoms with Gasteiger partial charge in [-0.15, -0.1) is 0 Å². The number of ether oxygens (including phenoxy) is 1. The van der Waals surface area contributed by atoms with Gasteiger partial charge in [-0.05, 0) is 29.3 Å². The first-order valence-electron chi connectivity index (χ1n) is 7.63. The van der Waals surface area contributed by atoms with Gasteiger partial charge in [-0.2, -0.15) is 0 Å². The molecule has 0 aliphatic rings. The van der Waals surface area contributed by atoms with Gasteiger partial charge in [0.1, 0.15) is 5.75 Å². The van der Waals surface area contributed by atoms with Crippen LogP contribution in [0.3, 0.4) is 0 Å². The highest BCUT2D eigenvalue weighted by molar-refractivity contribution is 5.87. The number of aromatic amines is 1. The van der Waals surface area contributed by atoms with Gasteiger partial charge in [-0.1, -0.05) is 30.3 Å². The largest absolute Gasteiger partial charge is 0.496 e. The second-order valence-corrected chi connectivity index (χ2v) is 5.50. The minimum atomic E-state index is -0.0160. The highest BCUT2D eigenvalue weighted by Crippen LogP contribution is 2.34. The van der Waals surface area contributed by atoms with E-state index in [4.69, 9.17) is 4.74 Å². The SMILES string of the molecule is CNC(=O)CC(c1ccccc1)c1cc(OC)c2cc[nH]c2c1. The Hall–Kier alpha value is -2.75. The number of nitrogens with one attached hydrogen (secondary N) is 2. The van der Waals surface area contributed by atoms with Crippen molar-refractivity contribution in [3.05, 3.63) is 65.9 Å². The molecule has 4 nitrogen and oxygen atoms in total. The second kappa shape index (κ2) is 6.57. The molecule has 0 radical (unpaired) electrons. The van der Waals surface area contributed by atoms with E-state index in [9.17, 15) is 4.79 Å². The van der Waals surface area contributed by atoms with Crippen LogP contribution in [0, 0.1) is 0 Å². The smallest absolute Gasteiger partial charge is 0.220 e. The van der Waals surface area contributed by atoms with Crippen molar-refractivity contribution < 1.29 is 9.53 Å². The molecule has 1 heterocycles. The van der Waals surface area contributed by atoms with Crippen LogP contribution in [0.25, 0.3) is 10.9 Å². The van der Waals surface area contributed by atoms with Crippen LogP contribution in [0.5, 0.6) is 5.75 Å². The maximum absolute atomic E-state index is 12.0. The van der Waals surface area contributed by atoms with Gasteiger partial charge in [0.2, 0.25) is 5.91 Å². The van der Waals surface area contributed by atoms with E-state index in [0.717, 1.165) is 27.8 Å². The number of aromatic nitrogens is 1. The standard InChI is InChI=1S/C19H20N2O2/c1-20-19(22)12-16(13-6-4-3-5-7-13)14-10-17-15(8-9-21-17)18(11-14)23-2/h3-11,16,21H,12H2,1-2H3,(H,20,22). The highest BCUT2D eigenvalue weighted by Gasteiger charge is 2.19. The molecule has 0 fully saturated rings. The summed E-state index contributed by atoms with van der Waals surface area (Å²) in [5, 5.41) is 3.76. The molecule has 0 saturated carbocycles. The van der Waals surface area contributed by atoms with Crippen molar-refractivity contribution in [2.24, 2.45) is 0 Å². The van der Waals surface area contributed by atoms with Gasteiger partial charge < -0.3 is 15.0 Å². The Bertz CT molecular complexity index is 809. The predicted octanol–water partition coefficient (Wildman–Crippen LogP) is 3.44. The van der Waals surface area contributed by atoms with E-state index in [2.05, 4.69) is 28.5 Å². The van der Waals surface area contributed by atoms with Gasteiger partial charge in [0.15, 0.2) is 0 Å². The summed E-state index contributed by atoms with van der Waals surface area (Å²) >= 11 is 0. The van der Waals surface area contributed by atoms with Gasteiger partial charge in [-0.3, -0.25) is 4.79 Å². The zero-order valence-corrected chi connectivity index (χ0v) is 13.3. The van der Waals surface area contributed by atoms with Crippen molar-refractivity contribution in [3.63, 3.8) is 0 Å². The Kier molecular flexibility index (Phi) is 4.33. The Labute approximate surface area is 135 Å². The zero-order valence-electron chi connectivity index (χ0n) is 13.3. The molecule has 0 spiro atoms. The second-order valence-electron chi connectivity index (χ2n) is 5.50. The van der Waals surface area contributed by atoms with E-state index in [1.54, 1.807) is 14.2 Å². The molecule has 1 aromatic heterocycles. The van der Waals surface area contributed by atoms with Crippen LogP contribution in [-0.4, -0.2) is 25.0 Å². The molecule has 3 rings (SSSR count). The van der Waals surface area contributed by atoms with Gasteiger partial charge in [0.25, 0.3) is 0 Å². The first-order chi connectivity index (χ1) is 11.2. The first-order valence-corrected chi connectivity index (χ1v) is 7.63. The molecule has 2 N–H and O–H groups in total. The lowest BCUT2D eigenvalue weighted by atomic mass is 9.87. The van der Waals surface area contributed by atoms with Crippen LogP contribution >= 0.6 is 0 Å². The van der Waals surface area contributed by atoms with Gasteiger partial charge in [-0.25, -0.2) is 0 Å². The molecule has 2 aromatic carbocycles. The maximum atomic E-state index is 12.0. The summed E-state index contributed by atoms with van der Waals surface area (Å²) in [6, 6.07) is 16.2. The van der Waals surface area contributed by atoms with E-state index in [-0.39, 0.29) is 11.8 Å². The summed E-state index contributed by atoms with van der Waals surface area (Å²) in [4.78, 5) is 15.2. The number of methoxy groups -OCH3 is 1. The van der Waals surface area contributed by atoms with Crippen molar-refractivity contribution in [2.45, 2.75) is 12.3 Å². The Balaban J connectivity index is 2.10. The highest BCUT2D eigenvalue weighted by atomic mass is 16.5. The van der Waals surface area contributed by atoms with Crippen LogP contribution < -0.4 is 10.1 Å². The van der Waals surface area contributed by atoms with Crippen LogP contribution in [0.4, 0.5) is 0 Å². The molecule has 0 aliphatic heterocycles. The number of hydrogen-bond donors (Lipinski definition) is 2. The number of fused-ring (bicyclic) bond motifs is 1. The van der Waals surface area contributed by atoms with Crippen LogP contribution in [0.15, 0.2) is 54.7 Å². The number of amides is 1. The summed E-state index contributed by atoms with van der Waals surface area (Å²) in [6.45, 7) is 0. The van der Waals surface area contributed by atoms with Crippen molar-refractivity contribution in [1.29, 1.82) is 0 Å². The minimum Gasteiger partial charge on any atom is -0.496 e. The van der Waals surface area contributed by atoms with Gasteiger partial charge in [0.05, 0.1) is 7.11 Å². The van der Waals surface area contributed by atoms with Crippen molar-refractivity contribution in [2.75, 3.05) is 14.2 Å². The topological polar surface area (TPSA) is 54.1 Å². The number of hydrogen-bond acceptors (Lipinski definition) is 2. The molecule has 23 heavy (non-hydrogen) atoms. The third kappa shape index (κ3) is 3.06. The lowest BCUT2D eigenvalue weighted by Crippen LogP contribution is -2.21. The molecule has 3 aromatic rings. The molecule has 0 saturated heterocycles. The molecule has 4 heteroatoms. The van der Waals surface area contributed by atoms with Crippen molar-refractivity contribution in [3.8, 4) is 5.75 Å². The third-order valence-corrected chi connectivity index (χ3v) is 4.15. The van der Waals surface area contributed by atoms with Gasteiger partial charge >= 0.3 is 0 Å². The molecule has 0 aliphatic carbocycles. The first kappa shape index (κ1) is 15.2. The van der Waals surface area contributed by atoms with Crippen molar-refractivity contribution >= 4 is 16.8 Å². The fourth-order valence-electron chi connectivity index (χ4n) is 2.93. The number of carbonyl (C=O) groups is 1. The van der Waals surface area contributed by atoms with E-state index in [1.165, 1.54) is 0 Å². The monoisotopic (exact) mass is 308 g/mol. The number of H-pyrrole nitrogens is 1. The van der Waals surface area contributed by atoms with Crippen LogP contribution in [0.2, 0.25) is 0 Å². The normalized spacial score (nSPS) is 12.1. The van der Waals surface area contributed by atoms with E-state index >= 15 is 0 Å². The Morgan fingerprint density at radius 2 is 1.96 bits per heavy atom. The lowest BCUT2D eigenvalue weighted by molar-refractivity contribution is -0.120. The summed E-state index contributed by atoms with van der Waals surface area (Å²) in [6.07, 6.45) is 2.29. The van der Waals surface area contributed by atoms with E-state index in [0.29, 0.717) is 6.42 Å². The van der Waals surface area contributed by atoms with Gasteiger partial charge in [0, 0.05) is 36.5 Å². The Morgan fingerprint density at radius 3 is 2.65 bits per heavy atom. The summed E-state index contributed by atoms with van der Waals surface area (Å²) in [5.74, 6) is 0.818. The Morgan fingerprint density at radius 1 is 1.17 bits per heavy atom. The minimum absolute atomic E-state index is 0.0160. The van der Waals surface area contributed by atoms with E-state index < -0.39 is 0 Å². The number of rotatable bonds is 5. The quantitative estimate of drug-likeness (QED) is 0.758. The molecule has 1 unspecified atom stereocenters. The average molecular weight is 308 g/mol. The number of benzene rings is 2. The molecular weight excluding hydrogens is 288 g/mol.